The number of hydrogen-bond donors (Lipinski definition) is 2. The van der Waals surface area contributed by atoms with E-state index >= 15 is 0 Å². The fourth-order valence-corrected chi connectivity index (χ4v) is 1.60. The Morgan fingerprint density at radius 3 is 2.60 bits per heavy atom. The molecule has 3 N–H and O–H groups in total. The van der Waals surface area contributed by atoms with Crippen molar-refractivity contribution >= 4 is 21.3 Å². The second-order valence-electron chi connectivity index (χ2n) is 5.17. The van der Waals surface area contributed by atoms with Gasteiger partial charge < -0.3 is 15.8 Å². The molecule has 114 valence electrons. The highest BCUT2D eigenvalue weighted by Crippen LogP contribution is 2.26. The quantitative estimate of drug-likeness (QED) is 0.776. The molecule has 0 aliphatic heterocycles. The van der Waals surface area contributed by atoms with Crippen LogP contribution < -0.4 is 15.8 Å². The number of sulfone groups is 1. The van der Waals surface area contributed by atoms with Crippen LogP contribution in [0, 0.1) is 0 Å². The molecule has 1 aromatic heterocycles. The van der Waals surface area contributed by atoms with Crippen LogP contribution in [0.15, 0.2) is 6.33 Å². The maximum absolute atomic E-state index is 11.6. The van der Waals surface area contributed by atoms with Crippen LogP contribution in [0.25, 0.3) is 0 Å². The van der Waals surface area contributed by atoms with Gasteiger partial charge >= 0.3 is 0 Å². The summed E-state index contributed by atoms with van der Waals surface area (Å²) in [5.41, 5.74) is 6.18. The smallest absolute Gasteiger partial charge is 0.242 e. The third kappa shape index (κ3) is 3.96. The van der Waals surface area contributed by atoms with Gasteiger partial charge in [-0.1, -0.05) is 6.92 Å². The van der Waals surface area contributed by atoms with Crippen LogP contribution in [0.2, 0.25) is 0 Å². The Kier molecular flexibility index (Phi) is 5.15. The van der Waals surface area contributed by atoms with Crippen molar-refractivity contribution in [3.8, 4) is 5.88 Å². The van der Waals surface area contributed by atoms with Gasteiger partial charge in [-0.15, -0.1) is 0 Å². The largest absolute Gasteiger partial charge is 0.476 e. The summed E-state index contributed by atoms with van der Waals surface area (Å²) in [6.45, 7) is 5.96. The number of anilines is 2. The van der Waals surface area contributed by atoms with E-state index in [4.69, 9.17) is 10.5 Å². The highest BCUT2D eigenvalue weighted by molar-refractivity contribution is 7.92. The van der Waals surface area contributed by atoms with Crippen molar-refractivity contribution < 1.29 is 13.2 Å². The molecule has 7 nitrogen and oxygen atoms in total. The van der Waals surface area contributed by atoms with Crippen LogP contribution in [-0.4, -0.2) is 42.5 Å². The van der Waals surface area contributed by atoms with Crippen LogP contribution in [0.1, 0.15) is 27.2 Å². The molecular formula is C12H22N4O3S. The summed E-state index contributed by atoms with van der Waals surface area (Å²) in [4.78, 5) is 7.96. The van der Waals surface area contributed by atoms with Crippen LogP contribution in [0.5, 0.6) is 5.88 Å². The van der Waals surface area contributed by atoms with E-state index in [0.717, 1.165) is 6.42 Å². The van der Waals surface area contributed by atoms with E-state index in [2.05, 4.69) is 15.3 Å². The van der Waals surface area contributed by atoms with Crippen molar-refractivity contribution in [2.75, 3.05) is 30.5 Å². The lowest BCUT2D eigenvalue weighted by Crippen LogP contribution is -2.38. The number of nitrogens with one attached hydrogen (secondary N) is 1. The van der Waals surface area contributed by atoms with Crippen LogP contribution in [-0.2, 0) is 9.84 Å². The SMILES string of the molecule is CCCOc1ncnc(NCC(C)(C)S(C)(=O)=O)c1N. The lowest BCUT2D eigenvalue weighted by molar-refractivity contribution is 0.306. The molecule has 0 amide bonds. The monoisotopic (exact) mass is 302 g/mol. The Morgan fingerprint density at radius 1 is 1.40 bits per heavy atom. The molecule has 0 radical (unpaired) electrons. The summed E-state index contributed by atoms with van der Waals surface area (Å²) in [7, 11) is -3.19. The number of aromatic nitrogens is 2. The summed E-state index contributed by atoms with van der Waals surface area (Å²) in [6, 6.07) is 0. The maximum atomic E-state index is 11.6. The van der Waals surface area contributed by atoms with Gasteiger partial charge in [0, 0.05) is 12.8 Å². The number of hydrogen-bond acceptors (Lipinski definition) is 7. The van der Waals surface area contributed by atoms with Gasteiger partial charge in [0.05, 0.1) is 11.4 Å². The molecule has 0 aliphatic carbocycles. The molecule has 0 aliphatic rings. The fraction of sp³-hybridized carbons (Fsp3) is 0.667. The Labute approximate surface area is 119 Å². The van der Waals surface area contributed by atoms with Crippen LogP contribution in [0.3, 0.4) is 0 Å². The van der Waals surface area contributed by atoms with Gasteiger partial charge in [0.2, 0.25) is 5.88 Å². The number of nitrogens with two attached hydrogens (primary N) is 1. The summed E-state index contributed by atoms with van der Waals surface area (Å²) in [5, 5.41) is 2.94. The molecule has 1 rings (SSSR count). The molecular weight excluding hydrogens is 280 g/mol. The average molecular weight is 302 g/mol. The van der Waals surface area contributed by atoms with Crippen molar-refractivity contribution in [2.24, 2.45) is 0 Å². The summed E-state index contributed by atoms with van der Waals surface area (Å²) in [6.07, 6.45) is 3.37. The van der Waals surface area contributed by atoms with E-state index in [1.807, 2.05) is 6.92 Å². The van der Waals surface area contributed by atoms with Crippen molar-refractivity contribution in [1.29, 1.82) is 0 Å². The van der Waals surface area contributed by atoms with Crippen molar-refractivity contribution in [3.63, 3.8) is 0 Å². The van der Waals surface area contributed by atoms with Crippen LogP contribution >= 0.6 is 0 Å². The fourth-order valence-electron chi connectivity index (χ4n) is 1.26. The predicted octanol–water partition coefficient (Wildman–Crippen LogP) is 1.08. The molecule has 0 fully saturated rings. The number of ether oxygens (including phenoxy) is 1. The standard InChI is InChI=1S/C12H22N4O3S/c1-5-6-19-11-9(13)10(15-8-16-11)14-7-12(2,3)20(4,17)18/h8H,5-7,13H2,1-4H3,(H,14,15,16). The number of nitrogen functional groups attached to an aromatic ring is 1. The van der Waals surface area contributed by atoms with Crippen molar-refractivity contribution in [2.45, 2.75) is 31.9 Å². The highest BCUT2D eigenvalue weighted by atomic mass is 32.2. The molecule has 1 aromatic rings. The lowest BCUT2D eigenvalue weighted by atomic mass is 10.2. The molecule has 8 heteroatoms. The third-order valence-corrected chi connectivity index (χ3v) is 5.13. The van der Waals surface area contributed by atoms with E-state index in [0.29, 0.717) is 18.3 Å². The van der Waals surface area contributed by atoms with Gasteiger partial charge in [-0.2, -0.15) is 4.98 Å². The van der Waals surface area contributed by atoms with Crippen molar-refractivity contribution in [1.82, 2.24) is 9.97 Å². The normalized spacial score (nSPS) is 12.2. The lowest BCUT2D eigenvalue weighted by Gasteiger charge is -2.23. The molecule has 20 heavy (non-hydrogen) atoms. The molecule has 0 saturated carbocycles. The first kappa shape index (κ1) is 16.5. The molecule has 0 aromatic carbocycles. The Hall–Kier alpha value is -1.57. The Bertz CT molecular complexity index is 558. The molecule has 0 saturated heterocycles. The minimum Gasteiger partial charge on any atom is -0.476 e. The number of nitrogens with zero attached hydrogens (tertiary/aromatic N) is 2. The average Bonchev–Trinajstić information content (AvgIpc) is 2.35. The minimum atomic E-state index is -3.19. The molecule has 0 spiro atoms. The zero-order valence-corrected chi connectivity index (χ0v) is 13.1. The maximum Gasteiger partial charge on any atom is 0.242 e. The first-order chi connectivity index (χ1) is 9.19. The predicted molar refractivity (Wildman–Crippen MR) is 79.6 cm³/mol. The van der Waals surface area contributed by atoms with Gasteiger partial charge in [0.15, 0.2) is 15.7 Å². The molecule has 0 bridgehead atoms. The van der Waals surface area contributed by atoms with Crippen molar-refractivity contribution in [3.05, 3.63) is 6.33 Å². The van der Waals surface area contributed by atoms with Gasteiger partial charge in [-0.25, -0.2) is 13.4 Å². The summed E-state index contributed by atoms with van der Waals surface area (Å²) < 4.78 is 27.7. The highest BCUT2D eigenvalue weighted by Gasteiger charge is 2.30. The van der Waals surface area contributed by atoms with E-state index in [-0.39, 0.29) is 12.2 Å². The topological polar surface area (TPSA) is 107 Å². The van der Waals surface area contributed by atoms with Gasteiger partial charge in [-0.05, 0) is 20.3 Å². The molecule has 1 heterocycles. The van der Waals surface area contributed by atoms with Crippen LogP contribution in [0.4, 0.5) is 11.5 Å². The van der Waals surface area contributed by atoms with Gasteiger partial charge in [-0.3, -0.25) is 0 Å². The zero-order chi connectivity index (χ0) is 15.4. The first-order valence-electron chi connectivity index (χ1n) is 6.36. The number of rotatable bonds is 7. The Balaban J connectivity index is 2.84. The zero-order valence-electron chi connectivity index (χ0n) is 12.3. The molecule has 0 unspecified atom stereocenters. The van der Waals surface area contributed by atoms with E-state index in [1.165, 1.54) is 12.6 Å². The minimum absolute atomic E-state index is 0.195. The summed E-state index contributed by atoms with van der Waals surface area (Å²) in [5.74, 6) is 0.685. The second kappa shape index (κ2) is 6.25. The van der Waals surface area contributed by atoms with E-state index < -0.39 is 14.6 Å². The van der Waals surface area contributed by atoms with E-state index in [1.54, 1.807) is 13.8 Å². The Morgan fingerprint density at radius 2 is 2.05 bits per heavy atom. The molecule has 0 atom stereocenters. The van der Waals surface area contributed by atoms with Gasteiger partial charge in [0.1, 0.15) is 12.0 Å². The summed E-state index contributed by atoms with van der Waals surface area (Å²) >= 11 is 0. The first-order valence-corrected chi connectivity index (χ1v) is 8.25. The van der Waals surface area contributed by atoms with E-state index in [9.17, 15) is 8.42 Å². The van der Waals surface area contributed by atoms with Gasteiger partial charge in [0.25, 0.3) is 0 Å². The third-order valence-electron chi connectivity index (χ3n) is 2.98. The second-order valence-corrected chi connectivity index (χ2v) is 7.82.